The first-order valence-electron chi connectivity index (χ1n) is 7.58. The summed E-state index contributed by atoms with van der Waals surface area (Å²) in [7, 11) is -4.32. The zero-order chi connectivity index (χ0) is 18.0. The van der Waals surface area contributed by atoms with E-state index < -0.39 is 20.6 Å². The van der Waals surface area contributed by atoms with Gasteiger partial charge in [0.2, 0.25) is 0 Å². The number of pyridine rings is 1. The van der Waals surface area contributed by atoms with E-state index in [0.29, 0.717) is 11.4 Å². The minimum atomic E-state index is -3.33. The molecule has 8 heteroatoms. The van der Waals surface area contributed by atoms with E-state index in [2.05, 4.69) is 9.97 Å². The molecule has 0 saturated heterocycles. The molecular weight excluding hydrogens is 358 g/mol. The second kappa shape index (κ2) is 6.89. The van der Waals surface area contributed by atoms with Gasteiger partial charge in [0.15, 0.2) is 14.9 Å². The molecule has 1 atom stereocenters. The highest BCUT2D eigenvalue weighted by molar-refractivity contribution is 7.90. The van der Waals surface area contributed by atoms with E-state index in [-0.39, 0.29) is 5.03 Å². The summed E-state index contributed by atoms with van der Waals surface area (Å²) in [5.41, 5.74) is 2.46. The van der Waals surface area contributed by atoms with Gasteiger partial charge in [-0.3, -0.25) is 8.78 Å². The lowest BCUT2D eigenvalue weighted by Gasteiger charge is -2.09. The Morgan fingerprint density at radius 2 is 1.80 bits per heavy atom. The minimum Gasteiger partial charge on any atom is -0.297 e. The van der Waals surface area contributed by atoms with Crippen LogP contribution in [0.2, 0.25) is 0 Å². The first-order valence-corrected chi connectivity index (χ1v) is 10.8. The molecule has 0 N–H and O–H groups in total. The molecule has 25 heavy (non-hydrogen) atoms. The van der Waals surface area contributed by atoms with E-state index in [4.69, 9.17) is 0 Å². The van der Waals surface area contributed by atoms with Gasteiger partial charge in [-0.1, -0.05) is 19.1 Å². The lowest BCUT2D eigenvalue weighted by atomic mass is 10.1. The summed E-state index contributed by atoms with van der Waals surface area (Å²) in [4.78, 5) is 8.98. The highest BCUT2D eigenvalue weighted by atomic mass is 32.2. The normalized spacial score (nSPS) is 12.9. The molecule has 0 bridgehead atoms. The van der Waals surface area contributed by atoms with Crippen molar-refractivity contribution in [3.63, 3.8) is 0 Å². The van der Waals surface area contributed by atoms with Crippen molar-refractivity contribution in [2.24, 2.45) is 0 Å². The summed E-state index contributed by atoms with van der Waals surface area (Å²) >= 11 is 0. The van der Waals surface area contributed by atoms with E-state index >= 15 is 0 Å². The zero-order valence-corrected chi connectivity index (χ0v) is 15.4. The van der Waals surface area contributed by atoms with E-state index in [1.807, 2.05) is 35.8 Å². The van der Waals surface area contributed by atoms with E-state index in [1.54, 1.807) is 18.6 Å². The maximum Gasteiger partial charge on any atom is 0.192 e. The molecule has 0 aliphatic rings. The average molecular weight is 375 g/mol. The number of nitrogens with zero attached hydrogens (tertiary/aromatic N) is 3. The fourth-order valence-electron chi connectivity index (χ4n) is 2.39. The Labute approximate surface area is 148 Å². The van der Waals surface area contributed by atoms with Crippen molar-refractivity contribution in [3.8, 4) is 16.9 Å². The molecule has 3 aromatic rings. The largest absolute Gasteiger partial charge is 0.297 e. The van der Waals surface area contributed by atoms with Crippen molar-refractivity contribution < 1.29 is 12.6 Å². The van der Waals surface area contributed by atoms with Gasteiger partial charge in [0, 0.05) is 22.5 Å². The van der Waals surface area contributed by atoms with Gasteiger partial charge in [-0.25, -0.2) is 18.4 Å². The maximum absolute atomic E-state index is 11.8. The van der Waals surface area contributed by atoms with Gasteiger partial charge in [-0.15, -0.1) is 0 Å². The molecule has 0 radical (unpaired) electrons. The van der Waals surface area contributed by atoms with Crippen molar-refractivity contribution in [2.75, 3.05) is 12.0 Å². The third-order valence-electron chi connectivity index (χ3n) is 3.69. The van der Waals surface area contributed by atoms with Gasteiger partial charge in [0.05, 0.1) is 40.9 Å². The first-order chi connectivity index (χ1) is 11.9. The lowest BCUT2D eigenvalue weighted by molar-refractivity contribution is 0.598. The van der Waals surface area contributed by atoms with Crippen LogP contribution in [-0.2, 0) is 20.6 Å². The second-order valence-corrected chi connectivity index (χ2v) is 9.14. The van der Waals surface area contributed by atoms with Crippen LogP contribution in [0.5, 0.6) is 0 Å². The molecule has 1 unspecified atom stereocenters. The third kappa shape index (κ3) is 3.69. The van der Waals surface area contributed by atoms with Crippen LogP contribution in [0.25, 0.3) is 16.9 Å². The summed E-state index contributed by atoms with van der Waals surface area (Å²) in [5.74, 6) is 0.579. The highest BCUT2D eigenvalue weighted by Gasteiger charge is 2.11. The first kappa shape index (κ1) is 17.5. The standard InChI is InChI=1S/C17H17N3O3S2/c1-3-24(21)15-7-4-13(5-8-15)16-11-18-12-20(16)14-6-9-17(19-10-14)25(2,22)23/h4-12H,3H2,1-2H3. The van der Waals surface area contributed by atoms with Crippen LogP contribution in [0, 0.1) is 0 Å². The summed E-state index contributed by atoms with van der Waals surface area (Å²) in [6.45, 7) is 1.88. The number of hydrogen-bond acceptors (Lipinski definition) is 5. The molecule has 130 valence electrons. The van der Waals surface area contributed by atoms with Crippen molar-refractivity contribution in [1.82, 2.24) is 14.5 Å². The van der Waals surface area contributed by atoms with Crippen molar-refractivity contribution in [1.29, 1.82) is 0 Å². The summed E-state index contributed by atoms with van der Waals surface area (Å²) < 4.78 is 36.7. The number of benzene rings is 1. The number of hydrogen-bond donors (Lipinski definition) is 0. The predicted molar refractivity (Wildman–Crippen MR) is 96.9 cm³/mol. The average Bonchev–Trinajstić information content (AvgIpc) is 3.10. The van der Waals surface area contributed by atoms with Crippen molar-refractivity contribution >= 4 is 20.6 Å². The van der Waals surface area contributed by atoms with Crippen molar-refractivity contribution in [3.05, 3.63) is 55.1 Å². The number of imidazole rings is 1. The molecule has 2 aromatic heterocycles. The summed E-state index contributed by atoms with van der Waals surface area (Å²) in [6.07, 6.45) is 5.99. The van der Waals surface area contributed by atoms with Crippen LogP contribution in [-0.4, -0.2) is 39.2 Å². The quantitative estimate of drug-likeness (QED) is 0.684. The Balaban J connectivity index is 1.97. The number of aromatic nitrogens is 3. The number of sulfone groups is 1. The smallest absolute Gasteiger partial charge is 0.192 e. The van der Waals surface area contributed by atoms with Gasteiger partial charge in [-0.05, 0) is 24.3 Å². The predicted octanol–water partition coefficient (Wildman–Crippen LogP) is 2.47. The van der Waals surface area contributed by atoms with Crippen LogP contribution in [0.4, 0.5) is 0 Å². The summed E-state index contributed by atoms with van der Waals surface area (Å²) in [6, 6.07) is 10.6. The monoisotopic (exact) mass is 375 g/mol. The zero-order valence-electron chi connectivity index (χ0n) is 13.8. The highest BCUT2D eigenvalue weighted by Crippen LogP contribution is 2.24. The second-order valence-electron chi connectivity index (χ2n) is 5.43. The fraction of sp³-hybridized carbons (Fsp3) is 0.176. The Kier molecular flexibility index (Phi) is 4.82. The Morgan fingerprint density at radius 3 is 2.36 bits per heavy atom. The Hall–Kier alpha value is -2.32. The Morgan fingerprint density at radius 1 is 1.08 bits per heavy atom. The molecule has 6 nitrogen and oxygen atoms in total. The van der Waals surface area contributed by atoms with Crippen LogP contribution in [0.15, 0.2) is 65.0 Å². The molecule has 0 aliphatic heterocycles. The SMILES string of the molecule is CCS(=O)c1ccc(-c2cncn2-c2ccc(S(C)(=O)=O)nc2)cc1. The molecule has 0 amide bonds. The topological polar surface area (TPSA) is 81.9 Å². The molecule has 0 aliphatic carbocycles. The Bertz CT molecular complexity index is 1010. The van der Waals surface area contributed by atoms with Gasteiger partial charge >= 0.3 is 0 Å². The molecule has 0 fully saturated rings. The van der Waals surface area contributed by atoms with E-state index in [9.17, 15) is 12.6 Å². The molecule has 3 rings (SSSR count). The number of rotatable bonds is 5. The van der Waals surface area contributed by atoms with Gasteiger partial charge < -0.3 is 0 Å². The summed E-state index contributed by atoms with van der Waals surface area (Å²) in [5, 5.41) is 0.0318. The van der Waals surface area contributed by atoms with Crippen molar-refractivity contribution in [2.45, 2.75) is 16.8 Å². The van der Waals surface area contributed by atoms with E-state index in [0.717, 1.165) is 22.4 Å². The van der Waals surface area contributed by atoms with Gasteiger partial charge in [-0.2, -0.15) is 0 Å². The van der Waals surface area contributed by atoms with Gasteiger partial charge in [0.25, 0.3) is 0 Å². The van der Waals surface area contributed by atoms with Crippen LogP contribution >= 0.6 is 0 Å². The van der Waals surface area contributed by atoms with Crippen LogP contribution in [0.3, 0.4) is 0 Å². The minimum absolute atomic E-state index is 0.0318. The fourth-order valence-corrected chi connectivity index (χ4v) is 3.73. The van der Waals surface area contributed by atoms with Crippen LogP contribution in [0.1, 0.15) is 6.92 Å². The van der Waals surface area contributed by atoms with E-state index in [1.165, 1.54) is 12.3 Å². The molecule has 1 aromatic carbocycles. The van der Waals surface area contributed by atoms with Crippen LogP contribution < -0.4 is 0 Å². The molecular formula is C17H17N3O3S2. The molecule has 0 saturated carbocycles. The third-order valence-corrected chi connectivity index (χ3v) is 6.02. The molecule has 2 heterocycles. The molecule has 0 spiro atoms. The van der Waals surface area contributed by atoms with Gasteiger partial charge in [0.1, 0.15) is 0 Å². The maximum atomic E-state index is 11.8. The lowest BCUT2D eigenvalue weighted by Crippen LogP contribution is -2.02.